The largest absolute Gasteiger partial charge is 0.367 e. The van der Waals surface area contributed by atoms with Crippen LogP contribution in [-0.2, 0) is 4.74 Å². The van der Waals surface area contributed by atoms with Crippen molar-refractivity contribution in [3.63, 3.8) is 0 Å². The average Bonchev–Trinajstić information content (AvgIpc) is 2.94. The number of ether oxygens (including phenoxy) is 1. The van der Waals surface area contributed by atoms with Gasteiger partial charge in [0, 0.05) is 13.1 Å². The lowest BCUT2D eigenvalue weighted by atomic mass is 10.2. The van der Waals surface area contributed by atoms with Crippen LogP contribution in [0.25, 0.3) is 0 Å². The van der Waals surface area contributed by atoms with Crippen LogP contribution in [0.1, 0.15) is 51.1 Å². The van der Waals surface area contributed by atoms with Crippen LogP contribution >= 0.6 is 0 Å². The van der Waals surface area contributed by atoms with Crippen molar-refractivity contribution in [3.8, 4) is 0 Å². The summed E-state index contributed by atoms with van der Waals surface area (Å²) in [6.07, 6.45) is 1.02. The Morgan fingerprint density at radius 1 is 1.47 bits per heavy atom. The first kappa shape index (κ1) is 14.4. The van der Waals surface area contributed by atoms with Gasteiger partial charge in [0.1, 0.15) is 6.10 Å². The Morgan fingerprint density at radius 2 is 2.32 bits per heavy atom. The minimum absolute atomic E-state index is 0.0652. The highest BCUT2D eigenvalue weighted by atomic mass is 16.5. The fourth-order valence-corrected chi connectivity index (χ4v) is 2.15. The van der Waals surface area contributed by atoms with Gasteiger partial charge in [-0.3, -0.25) is 4.90 Å². The summed E-state index contributed by atoms with van der Waals surface area (Å²) in [5, 5.41) is 7.40. The molecule has 1 aliphatic rings. The van der Waals surface area contributed by atoms with E-state index in [9.17, 15) is 0 Å². The Balaban J connectivity index is 1.96. The third-order valence-corrected chi connectivity index (χ3v) is 3.41. The Hall–Kier alpha value is -0.980. The maximum Gasteiger partial charge on any atom is 0.243 e. The highest BCUT2D eigenvalue weighted by molar-refractivity contribution is 4.96. The normalized spacial score (nSPS) is 22.6. The van der Waals surface area contributed by atoms with Crippen LogP contribution in [0.4, 0.5) is 0 Å². The van der Waals surface area contributed by atoms with E-state index in [1.54, 1.807) is 0 Å². The van der Waals surface area contributed by atoms with E-state index in [0.29, 0.717) is 11.7 Å². The first-order valence-electron chi connectivity index (χ1n) is 7.15. The SMILES string of the molecule is CCCNC(C)c1nc(C2CN(CC)CCO2)no1. The van der Waals surface area contributed by atoms with Gasteiger partial charge in [-0.05, 0) is 26.4 Å². The summed E-state index contributed by atoms with van der Waals surface area (Å²) in [6.45, 7) is 10.8. The van der Waals surface area contributed by atoms with Gasteiger partial charge in [-0.1, -0.05) is 19.0 Å². The van der Waals surface area contributed by atoms with Gasteiger partial charge in [0.15, 0.2) is 0 Å². The summed E-state index contributed by atoms with van der Waals surface area (Å²) in [4.78, 5) is 6.80. The van der Waals surface area contributed by atoms with Gasteiger partial charge in [0.25, 0.3) is 0 Å². The number of nitrogens with one attached hydrogen (secondary N) is 1. The maximum absolute atomic E-state index is 5.72. The van der Waals surface area contributed by atoms with Gasteiger partial charge in [-0.15, -0.1) is 0 Å². The Kier molecular flexibility index (Phi) is 5.30. The molecular formula is C13H24N4O2. The van der Waals surface area contributed by atoms with Crippen molar-refractivity contribution < 1.29 is 9.26 Å². The molecule has 6 heteroatoms. The molecule has 1 fully saturated rings. The van der Waals surface area contributed by atoms with Crippen LogP contribution in [0.5, 0.6) is 0 Å². The van der Waals surface area contributed by atoms with Crippen LogP contribution in [0, 0.1) is 0 Å². The lowest BCUT2D eigenvalue weighted by Crippen LogP contribution is -2.38. The zero-order chi connectivity index (χ0) is 13.7. The van der Waals surface area contributed by atoms with Crippen LogP contribution in [0.3, 0.4) is 0 Å². The van der Waals surface area contributed by atoms with Gasteiger partial charge < -0.3 is 14.6 Å². The van der Waals surface area contributed by atoms with E-state index >= 15 is 0 Å². The standard InChI is InChI=1S/C13H24N4O2/c1-4-6-14-10(3)13-15-12(16-19-13)11-9-17(5-2)7-8-18-11/h10-11,14H,4-9H2,1-3H3. The van der Waals surface area contributed by atoms with E-state index in [1.165, 1.54) is 0 Å². The topological polar surface area (TPSA) is 63.4 Å². The Labute approximate surface area is 114 Å². The maximum atomic E-state index is 5.72. The van der Waals surface area contributed by atoms with Crippen molar-refractivity contribution in [3.05, 3.63) is 11.7 Å². The highest BCUT2D eigenvalue weighted by Crippen LogP contribution is 2.21. The minimum Gasteiger partial charge on any atom is -0.367 e. The van der Waals surface area contributed by atoms with Gasteiger partial charge in [0.05, 0.1) is 12.6 Å². The van der Waals surface area contributed by atoms with Crippen LogP contribution < -0.4 is 5.32 Å². The van der Waals surface area contributed by atoms with Crippen molar-refractivity contribution >= 4 is 0 Å². The molecule has 0 amide bonds. The predicted molar refractivity (Wildman–Crippen MR) is 71.8 cm³/mol. The summed E-state index contributed by atoms with van der Waals surface area (Å²) >= 11 is 0. The van der Waals surface area contributed by atoms with Gasteiger partial charge in [0.2, 0.25) is 11.7 Å². The van der Waals surface area contributed by atoms with E-state index in [-0.39, 0.29) is 12.1 Å². The van der Waals surface area contributed by atoms with Crippen molar-refractivity contribution in [2.75, 3.05) is 32.8 Å². The number of likely N-dealkylation sites (N-methyl/N-ethyl adjacent to an activating group) is 1. The van der Waals surface area contributed by atoms with Crippen LogP contribution in [0.2, 0.25) is 0 Å². The summed E-state index contributed by atoms with van der Waals surface area (Å²) in [7, 11) is 0. The molecule has 1 aliphatic heterocycles. The molecule has 0 bridgehead atoms. The molecule has 2 heterocycles. The molecule has 0 radical (unpaired) electrons. The molecule has 2 atom stereocenters. The molecule has 1 aromatic rings. The number of aromatic nitrogens is 2. The molecule has 1 N–H and O–H groups in total. The highest BCUT2D eigenvalue weighted by Gasteiger charge is 2.26. The van der Waals surface area contributed by atoms with Gasteiger partial charge >= 0.3 is 0 Å². The molecule has 6 nitrogen and oxygen atoms in total. The molecule has 2 unspecified atom stereocenters. The second-order valence-electron chi connectivity index (χ2n) is 4.92. The Bertz CT molecular complexity index is 382. The van der Waals surface area contributed by atoms with Gasteiger partial charge in [-0.2, -0.15) is 4.98 Å². The van der Waals surface area contributed by atoms with E-state index < -0.39 is 0 Å². The lowest BCUT2D eigenvalue weighted by molar-refractivity contribution is -0.0334. The number of nitrogens with zero attached hydrogens (tertiary/aromatic N) is 3. The molecule has 1 aromatic heterocycles. The summed E-state index contributed by atoms with van der Waals surface area (Å²) in [5.41, 5.74) is 0. The van der Waals surface area contributed by atoms with Crippen LogP contribution in [-0.4, -0.2) is 47.8 Å². The molecule has 0 aliphatic carbocycles. The zero-order valence-corrected chi connectivity index (χ0v) is 12.1. The molecule has 2 rings (SSSR count). The zero-order valence-electron chi connectivity index (χ0n) is 12.1. The predicted octanol–water partition coefficient (Wildman–Crippen LogP) is 1.52. The second kappa shape index (κ2) is 6.98. The fraction of sp³-hybridized carbons (Fsp3) is 0.846. The molecule has 1 saturated heterocycles. The smallest absolute Gasteiger partial charge is 0.243 e. The summed E-state index contributed by atoms with van der Waals surface area (Å²) in [5.74, 6) is 1.30. The first-order chi connectivity index (χ1) is 9.24. The summed E-state index contributed by atoms with van der Waals surface area (Å²) in [6, 6.07) is 0.0899. The molecule has 0 aromatic carbocycles. The summed E-state index contributed by atoms with van der Waals surface area (Å²) < 4.78 is 11.0. The third-order valence-electron chi connectivity index (χ3n) is 3.41. The van der Waals surface area contributed by atoms with E-state index in [2.05, 4.69) is 34.2 Å². The molecular weight excluding hydrogens is 244 g/mol. The van der Waals surface area contributed by atoms with Gasteiger partial charge in [-0.25, -0.2) is 0 Å². The van der Waals surface area contributed by atoms with E-state index in [0.717, 1.165) is 39.2 Å². The average molecular weight is 268 g/mol. The van der Waals surface area contributed by atoms with Crippen molar-refractivity contribution in [1.29, 1.82) is 0 Å². The van der Waals surface area contributed by atoms with Crippen molar-refractivity contribution in [1.82, 2.24) is 20.4 Å². The molecule has 19 heavy (non-hydrogen) atoms. The second-order valence-corrected chi connectivity index (χ2v) is 4.92. The number of rotatable bonds is 6. The minimum atomic E-state index is -0.0652. The lowest BCUT2D eigenvalue weighted by Gasteiger charge is -2.30. The first-order valence-corrected chi connectivity index (χ1v) is 7.15. The molecule has 108 valence electrons. The van der Waals surface area contributed by atoms with E-state index in [1.807, 2.05) is 6.92 Å². The fourth-order valence-electron chi connectivity index (χ4n) is 2.15. The Morgan fingerprint density at radius 3 is 3.05 bits per heavy atom. The number of hydrogen-bond donors (Lipinski definition) is 1. The molecule has 0 saturated carbocycles. The third kappa shape index (κ3) is 3.75. The monoisotopic (exact) mass is 268 g/mol. The number of morpholine rings is 1. The quantitative estimate of drug-likeness (QED) is 0.844. The molecule has 0 spiro atoms. The van der Waals surface area contributed by atoms with E-state index in [4.69, 9.17) is 9.26 Å². The number of hydrogen-bond acceptors (Lipinski definition) is 6. The van der Waals surface area contributed by atoms with Crippen molar-refractivity contribution in [2.45, 2.75) is 39.3 Å². The van der Waals surface area contributed by atoms with Crippen LogP contribution in [0.15, 0.2) is 4.52 Å². The van der Waals surface area contributed by atoms with Crippen molar-refractivity contribution in [2.24, 2.45) is 0 Å².